The lowest BCUT2D eigenvalue weighted by Crippen LogP contribution is -2.24. The van der Waals surface area contributed by atoms with Crippen LogP contribution in [-0.2, 0) is 16.6 Å². The first kappa shape index (κ1) is 15.9. The van der Waals surface area contributed by atoms with Crippen molar-refractivity contribution in [2.24, 2.45) is 0 Å². The third-order valence-electron chi connectivity index (χ3n) is 3.51. The van der Waals surface area contributed by atoms with E-state index in [1.807, 2.05) is 47.8 Å². The highest BCUT2D eigenvalue weighted by Crippen LogP contribution is 2.22. The van der Waals surface area contributed by atoms with Gasteiger partial charge in [-0.3, -0.25) is 0 Å². The van der Waals surface area contributed by atoms with Crippen molar-refractivity contribution < 1.29 is 8.42 Å². The quantitative estimate of drug-likeness (QED) is 0.771. The molecule has 3 rings (SSSR count). The highest BCUT2D eigenvalue weighted by atomic mass is 32.2. The standard InChI is InChI=1S/C16H17N3O2S2/c1-12-16(23(20,21)17-11-15-9-6-10-22-15)13(2)19(18-12)14-7-4-3-5-8-14/h3-10,17H,11H2,1-2H3. The molecule has 0 saturated heterocycles. The molecule has 0 atom stereocenters. The maximum atomic E-state index is 12.7. The lowest BCUT2D eigenvalue weighted by Gasteiger charge is -2.07. The van der Waals surface area contributed by atoms with Gasteiger partial charge >= 0.3 is 0 Å². The van der Waals surface area contributed by atoms with E-state index < -0.39 is 10.0 Å². The predicted molar refractivity (Wildman–Crippen MR) is 91.4 cm³/mol. The Labute approximate surface area is 139 Å². The molecule has 120 valence electrons. The average molecular weight is 347 g/mol. The van der Waals surface area contributed by atoms with Gasteiger partial charge in [-0.15, -0.1) is 11.3 Å². The van der Waals surface area contributed by atoms with Crippen molar-refractivity contribution in [3.63, 3.8) is 0 Å². The van der Waals surface area contributed by atoms with Crippen molar-refractivity contribution in [1.29, 1.82) is 0 Å². The fraction of sp³-hybridized carbons (Fsp3) is 0.188. The van der Waals surface area contributed by atoms with Gasteiger partial charge in [0.25, 0.3) is 0 Å². The molecule has 23 heavy (non-hydrogen) atoms. The number of sulfonamides is 1. The van der Waals surface area contributed by atoms with Gasteiger partial charge in [0.15, 0.2) is 0 Å². The Hall–Kier alpha value is -1.96. The molecule has 3 aromatic rings. The molecule has 0 saturated carbocycles. The van der Waals surface area contributed by atoms with Crippen LogP contribution in [-0.4, -0.2) is 18.2 Å². The summed E-state index contributed by atoms with van der Waals surface area (Å²) in [7, 11) is -3.61. The van der Waals surface area contributed by atoms with Crippen LogP contribution in [0.2, 0.25) is 0 Å². The fourth-order valence-electron chi connectivity index (χ4n) is 2.49. The molecule has 0 spiro atoms. The summed E-state index contributed by atoms with van der Waals surface area (Å²) in [6.45, 7) is 3.77. The van der Waals surface area contributed by atoms with Gasteiger partial charge in [0.2, 0.25) is 10.0 Å². The molecular formula is C16H17N3O2S2. The van der Waals surface area contributed by atoms with Gasteiger partial charge in [0.05, 0.1) is 17.1 Å². The van der Waals surface area contributed by atoms with Crippen LogP contribution < -0.4 is 4.72 Å². The van der Waals surface area contributed by atoms with Crippen LogP contribution >= 0.6 is 11.3 Å². The van der Waals surface area contributed by atoms with E-state index in [4.69, 9.17) is 0 Å². The van der Waals surface area contributed by atoms with E-state index in [0.29, 0.717) is 11.4 Å². The minimum atomic E-state index is -3.61. The first-order chi connectivity index (χ1) is 11.0. The number of aryl methyl sites for hydroxylation is 1. The molecular weight excluding hydrogens is 330 g/mol. The summed E-state index contributed by atoms with van der Waals surface area (Å²) < 4.78 is 29.6. The van der Waals surface area contributed by atoms with Crippen molar-refractivity contribution in [2.75, 3.05) is 0 Å². The van der Waals surface area contributed by atoms with Crippen LogP contribution in [0.15, 0.2) is 52.7 Å². The van der Waals surface area contributed by atoms with E-state index in [-0.39, 0.29) is 11.4 Å². The smallest absolute Gasteiger partial charge is 0.236 e. The Balaban J connectivity index is 1.95. The third-order valence-corrected chi connectivity index (χ3v) is 6.04. The molecule has 1 N–H and O–H groups in total. The molecule has 0 unspecified atom stereocenters. The zero-order valence-electron chi connectivity index (χ0n) is 12.9. The van der Waals surface area contributed by atoms with E-state index in [1.165, 1.54) is 11.3 Å². The number of hydrogen-bond donors (Lipinski definition) is 1. The van der Waals surface area contributed by atoms with E-state index in [9.17, 15) is 8.42 Å². The number of benzene rings is 1. The van der Waals surface area contributed by atoms with Gasteiger partial charge in [-0.25, -0.2) is 17.8 Å². The fourth-order valence-corrected chi connectivity index (χ4v) is 4.62. The monoisotopic (exact) mass is 347 g/mol. The molecule has 0 aliphatic heterocycles. The summed E-state index contributed by atoms with van der Waals surface area (Å²) in [5.41, 5.74) is 1.94. The Bertz CT molecular complexity index is 898. The summed E-state index contributed by atoms with van der Waals surface area (Å²) >= 11 is 1.52. The van der Waals surface area contributed by atoms with Crippen LogP contribution in [0.1, 0.15) is 16.3 Å². The number of thiophene rings is 1. The Morgan fingerprint density at radius 1 is 1.13 bits per heavy atom. The number of aromatic nitrogens is 2. The van der Waals surface area contributed by atoms with Crippen molar-refractivity contribution in [3.8, 4) is 5.69 Å². The molecule has 5 nitrogen and oxygen atoms in total. The van der Waals surface area contributed by atoms with Gasteiger partial charge in [-0.2, -0.15) is 5.10 Å². The molecule has 0 bridgehead atoms. The SMILES string of the molecule is Cc1nn(-c2ccccc2)c(C)c1S(=O)(=O)NCc1cccs1. The van der Waals surface area contributed by atoms with Crippen LogP contribution in [0.5, 0.6) is 0 Å². The Kier molecular flexibility index (Phi) is 4.34. The van der Waals surface area contributed by atoms with Crippen LogP contribution in [0.4, 0.5) is 0 Å². The summed E-state index contributed by atoms with van der Waals surface area (Å²) in [5.74, 6) is 0. The molecule has 0 aliphatic carbocycles. The number of hydrogen-bond acceptors (Lipinski definition) is 4. The zero-order chi connectivity index (χ0) is 16.4. The van der Waals surface area contributed by atoms with Crippen LogP contribution in [0.3, 0.4) is 0 Å². The largest absolute Gasteiger partial charge is 0.244 e. The molecule has 0 fully saturated rings. The Morgan fingerprint density at radius 3 is 2.52 bits per heavy atom. The topological polar surface area (TPSA) is 64.0 Å². The van der Waals surface area contributed by atoms with E-state index in [2.05, 4.69) is 9.82 Å². The molecule has 0 amide bonds. The second-order valence-electron chi connectivity index (χ2n) is 5.15. The summed E-state index contributed by atoms with van der Waals surface area (Å²) in [4.78, 5) is 1.22. The lowest BCUT2D eigenvalue weighted by atomic mass is 10.3. The second-order valence-corrected chi connectivity index (χ2v) is 7.89. The second kappa shape index (κ2) is 6.27. The number of rotatable bonds is 5. The van der Waals surface area contributed by atoms with Gasteiger partial charge in [-0.1, -0.05) is 24.3 Å². The average Bonchev–Trinajstić information content (AvgIpc) is 3.14. The first-order valence-corrected chi connectivity index (χ1v) is 9.49. The van der Waals surface area contributed by atoms with Crippen molar-refractivity contribution in [2.45, 2.75) is 25.3 Å². The van der Waals surface area contributed by atoms with Crippen molar-refractivity contribution in [1.82, 2.24) is 14.5 Å². The third kappa shape index (κ3) is 3.21. The van der Waals surface area contributed by atoms with E-state index in [1.54, 1.807) is 18.5 Å². The lowest BCUT2D eigenvalue weighted by molar-refractivity contribution is 0.580. The zero-order valence-corrected chi connectivity index (χ0v) is 14.5. The molecule has 2 heterocycles. The van der Waals surface area contributed by atoms with Crippen LogP contribution in [0, 0.1) is 13.8 Å². The predicted octanol–water partition coefficient (Wildman–Crippen LogP) is 3.03. The van der Waals surface area contributed by atoms with E-state index >= 15 is 0 Å². The Morgan fingerprint density at radius 2 is 1.87 bits per heavy atom. The summed E-state index contributed by atoms with van der Waals surface area (Å²) in [6.07, 6.45) is 0. The van der Waals surface area contributed by atoms with Gasteiger partial charge < -0.3 is 0 Å². The molecule has 2 aromatic heterocycles. The molecule has 0 aliphatic rings. The molecule has 0 radical (unpaired) electrons. The minimum Gasteiger partial charge on any atom is -0.236 e. The number of para-hydroxylation sites is 1. The highest BCUT2D eigenvalue weighted by Gasteiger charge is 2.24. The minimum absolute atomic E-state index is 0.248. The molecule has 1 aromatic carbocycles. The number of nitrogens with zero attached hydrogens (tertiary/aromatic N) is 2. The maximum absolute atomic E-state index is 12.7. The molecule has 7 heteroatoms. The van der Waals surface area contributed by atoms with Crippen LogP contribution in [0.25, 0.3) is 5.69 Å². The van der Waals surface area contributed by atoms with Gasteiger partial charge in [0, 0.05) is 11.4 Å². The maximum Gasteiger partial charge on any atom is 0.244 e. The summed E-state index contributed by atoms with van der Waals surface area (Å²) in [5, 5.41) is 6.32. The van der Waals surface area contributed by atoms with E-state index in [0.717, 1.165) is 10.6 Å². The van der Waals surface area contributed by atoms with Gasteiger partial charge in [-0.05, 0) is 37.4 Å². The van der Waals surface area contributed by atoms with Gasteiger partial charge in [0.1, 0.15) is 4.90 Å². The summed E-state index contributed by atoms with van der Waals surface area (Å²) in [6, 6.07) is 13.3. The van der Waals surface area contributed by atoms with Crippen molar-refractivity contribution in [3.05, 3.63) is 64.1 Å². The normalized spacial score (nSPS) is 11.7. The van der Waals surface area contributed by atoms with Crippen molar-refractivity contribution >= 4 is 21.4 Å². The number of nitrogens with one attached hydrogen (secondary N) is 1. The first-order valence-electron chi connectivity index (χ1n) is 7.13. The highest BCUT2D eigenvalue weighted by molar-refractivity contribution is 7.89.